The van der Waals surface area contributed by atoms with Crippen molar-refractivity contribution in [2.75, 3.05) is 69.5 Å². The summed E-state index contributed by atoms with van der Waals surface area (Å²) in [5, 5.41) is 9.21. The van der Waals surface area contributed by atoms with Crippen molar-refractivity contribution < 1.29 is 24.1 Å². The lowest BCUT2D eigenvalue weighted by Gasteiger charge is -2.38. The van der Waals surface area contributed by atoms with Gasteiger partial charge >= 0.3 is 5.97 Å². The van der Waals surface area contributed by atoms with Crippen LogP contribution in [0.5, 0.6) is 5.75 Å². The number of ether oxygens (including phenoxy) is 3. The van der Waals surface area contributed by atoms with Crippen LogP contribution in [0, 0.1) is 5.41 Å². The van der Waals surface area contributed by atoms with Crippen LogP contribution in [0.15, 0.2) is 30.5 Å². The molecule has 2 aromatic rings. The van der Waals surface area contributed by atoms with Gasteiger partial charge in [0.25, 0.3) is 0 Å². The summed E-state index contributed by atoms with van der Waals surface area (Å²) >= 11 is 0. The van der Waals surface area contributed by atoms with Crippen LogP contribution in [-0.4, -0.2) is 86.7 Å². The van der Waals surface area contributed by atoms with Crippen molar-refractivity contribution in [2.24, 2.45) is 5.41 Å². The molecular formula is C36H54N4O5. The lowest BCUT2D eigenvalue weighted by Crippen LogP contribution is -2.47. The zero-order valence-corrected chi connectivity index (χ0v) is 28.3. The smallest absolute Gasteiger partial charge is 0.302 e. The fraction of sp³-hybridized carbons (Fsp3) is 0.667. The van der Waals surface area contributed by atoms with Crippen LogP contribution in [0.1, 0.15) is 102 Å². The van der Waals surface area contributed by atoms with E-state index < -0.39 is 0 Å². The number of fused-ring (bicyclic) bond motifs is 1. The number of unbranched alkanes of at least 4 members (excludes halogenated alkanes) is 1. The fourth-order valence-electron chi connectivity index (χ4n) is 7.17. The molecule has 2 aliphatic heterocycles. The van der Waals surface area contributed by atoms with Gasteiger partial charge in [-0.15, -0.1) is 0 Å². The van der Waals surface area contributed by atoms with Crippen LogP contribution in [0.3, 0.4) is 0 Å². The maximum Gasteiger partial charge on any atom is 0.302 e. The monoisotopic (exact) mass is 622 g/mol. The lowest BCUT2D eigenvalue weighted by molar-refractivity contribution is -0.144. The number of methoxy groups -OCH3 is 1. The molecule has 1 aromatic heterocycles. The Kier molecular flexibility index (Phi) is 10.9. The normalized spacial score (nSPS) is 21.1. The molecule has 0 spiro atoms. The van der Waals surface area contributed by atoms with E-state index in [-0.39, 0.29) is 36.1 Å². The molecule has 0 radical (unpaired) electrons. The van der Waals surface area contributed by atoms with Gasteiger partial charge in [0, 0.05) is 76.6 Å². The number of benzene rings is 1. The van der Waals surface area contributed by atoms with E-state index in [0.717, 1.165) is 69.5 Å². The van der Waals surface area contributed by atoms with E-state index in [1.807, 2.05) is 6.20 Å². The third kappa shape index (κ3) is 7.92. The van der Waals surface area contributed by atoms with Crippen LogP contribution >= 0.6 is 0 Å². The van der Waals surface area contributed by atoms with Crippen molar-refractivity contribution in [3.63, 3.8) is 0 Å². The highest BCUT2D eigenvalue weighted by molar-refractivity contribution is 5.67. The first-order valence-electron chi connectivity index (χ1n) is 16.9. The predicted octanol–water partition coefficient (Wildman–Crippen LogP) is 5.87. The number of carbonyl (C=O) groups is 1. The largest absolute Gasteiger partial charge is 0.494 e. The van der Waals surface area contributed by atoms with Crippen LogP contribution in [0.2, 0.25) is 0 Å². The highest BCUT2D eigenvalue weighted by Crippen LogP contribution is 2.55. The third-order valence-corrected chi connectivity index (χ3v) is 9.76. The Bertz CT molecular complexity index is 1290. The van der Waals surface area contributed by atoms with E-state index in [1.165, 1.54) is 42.3 Å². The lowest BCUT2D eigenvalue weighted by atomic mass is 9.76. The molecule has 45 heavy (non-hydrogen) atoms. The number of pyridine rings is 1. The molecule has 1 aliphatic carbocycles. The van der Waals surface area contributed by atoms with Gasteiger partial charge in [0.15, 0.2) is 0 Å². The van der Waals surface area contributed by atoms with E-state index in [2.05, 4.69) is 66.7 Å². The molecule has 5 rings (SSSR count). The van der Waals surface area contributed by atoms with Gasteiger partial charge in [0.1, 0.15) is 5.75 Å². The third-order valence-electron chi connectivity index (χ3n) is 9.76. The number of piperazine rings is 1. The van der Waals surface area contributed by atoms with E-state index in [9.17, 15) is 9.90 Å². The Morgan fingerprint density at radius 3 is 2.51 bits per heavy atom. The number of nitrogens with zero attached hydrogens (tertiary/aromatic N) is 4. The molecule has 3 unspecified atom stereocenters. The number of rotatable bonds is 15. The summed E-state index contributed by atoms with van der Waals surface area (Å²) < 4.78 is 17.6. The molecule has 1 N–H and O–H groups in total. The number of anilines is 2. The highest BCUT2D eigenvalue weighted by atomic mass is 16.5. The van der Waals surface area contributed by atoms with Gasteiger partial charge in [-0.05, 0) is 81.2 Å². The Morgan fingerprint density at radius 1 is 1.11 bits per heavy atom. The molecule has 248 valence electrons. The molecule has 1 saturated heterocycles. The van der Waals surface area contributed by atoms with Gasteiger partial charge in [-0.25, -0.2) is 0 Å². The summed E-state index contributed by atoms with van der Waals surface area (Å²) in [6.45, 7) is 16.3. The average molecular weight is 623 g/mol. The molecule has 3 aliphatic rings. The second-order valence-electron chi connectivity index (χ2n) is 13.8. The predicted molar refractivity (Wildman–Crippen MR) is 178 cm³/mol. The summed E-state index contributed by atoms with van der Waals surface area (Å²) in [7, 11) is 1.75. The minimum absolute atomic E-state index is 0.0269. The SMILES string of the molecule is CCN1c2ccc(OCCCCO)cc2C(CC(C)(C)COC(C)=O)C1c1cc(N2CCN(C3CC3)CC2)cnc1C(C)OC. The van der Waals surface area contributed by atoms with E-state index in [4.69, 9.17) is 19.2 Å². The van der Waals surface area contributed by atoms with Crippen molar-refractivity contribution >= 4 is 17.3 Å². The number of likely N-dealkylation sites (N-methyl/N-ethyl adjacent to an activating group) is 1. The van der Waals surface area contributed by atoms with Gasteiger partial charge in [-0.1, -0.05) is 13.8 Å². The summed E-state index contributed by atoms with van der Waals surface area (Å²) in [6, 6.07) is 9.66. The standard InChI is InChI=1S/C36H54N4O5/c1-7-40-33-13-12-29(44-19-9-8-18-41)21-30(33)32(22-36(4,5)24-45-26(3)42)35(40)31-20-28(23-37-34(31)25(2)43-6)39-16-14-38(15-17-39)27-10-11-27/h12-13,20-21,23,25,27,32,35,41H,7-11,14-19,22,24H2,1-6H3. The van der Waals surface area contributed by atoms with Crippen LogP contribution < -0.4 is 14.5 Å². The minimum Gasteiger partial charge on any atom is -0.494 e. The maximum absolute atomic E-state index is 11.8. The van der Waals surface area contributed by atoms with Crippen molar-refractivity contribution in [3.05, 3.63) is 47.3 Å². The number of esters is 1. The Balaban J connectivity index is 1.54. The second-order valence-corrected chi connectivity index (χ2v) is 13.8. The van der Waals surface area contributed by atoms with Crippen LogP contribution in [0.25, 0.3) is 0 Å². The summed E-state index contributed by atoms with van der Waals surface area (Å²) in [5.41, 5.74) is 5.53. The molecule has 9 heteroatoms. The van der Waals surface area contributed by atoms with Gasteiger partial charge < -0.3 is 29.1 Å². The molecule has 1 saturated carbocycles. The van der Waals surface area contributed by atoms with Gasteiger partial charge in [-0.3, -0.25) is 14.7 Å². The van der Waals surface area contributed by atoms with Gasteiger partial charge in [0.05, 0.1) is 42.9 Å². The molecule has 2 fully saturated rings. The van der Waals surface area contributed by atoms with Crippen LogP contribution in [-0.2, 0) is 14.3 Å². The fourth-order valence-corrected chi connectivity index (χ4v) is 7.17. The number of hydrogen-bond acceptors (Lipinski definition) is 9. The topological polar surface area (TPSA) is 87.6 Å². The van der Waals surface area contributed by atoms with E-state index in [1.54, 1.807) is 7.11 Å². The van der Waals surface area contributed by atoms with Crippen molar-refractivity contribution in [1.82, 2.24) is 9.88 Å². The molecule has 0 amide bonds. The summed E-state index contributed by atoms with van der Waals surface area (Å²) in [5.74, 6) is 0.699. The average Bonchev–Trinajstić information content (AvgIpc) is 3.85. The van der Waals surface area contributed by atoms with Crippen molar-refractivity contribution in [3.8, 4) is 5.75 Å². The van der Waals surface area contributed by atoms with Gasteiger partial charge in [0.2, 0.25) is 0 Å². The first-order chi connectivity index (χ1) is 21.7. The number of aliphatic hydroxyl groups excluding tert-OH is 1. The second kappa shape index (κ2) is 14.7. The highest BCUT2D eigenvalue weighted by Gasteiger charge is 2.44. The maximum atomic E-state index is 11.8. The minimum atomic E-state index is -0.259. The zero-order chi connectivity index (χ0) is 32.1. The number of aliphatic hydroxyl groups is 1. The number of carbonyl (C=O) groups excluding carboxylic acids is 1. The Labute approximate surface area is 269 Å². The molecule has 0 bridgehead atoms. The quantitative estimate of drug-likeness (QED) is 0.194. The molecule has 1 aromatic carbocycles. The van der Waals surface area contributed by atoms with Crippen molar-refractivity contribution in [1.29, 1.82) is 0 Å². The van der Waals surface area contributed by atoms with E-state index >= 15 is 0 Å². The Hall–Kier alpha value is -2.88. The van der Waals surface area contributed by atoms with Crippen molar-refractivity contribution in [2.45, 2.75) is 90.8 Å². The molecular weight excluding hydrogens is 568 g/mol. The Morgan fingerprint density at radius 2 is 1.87 bits per heavy atom. The summed E-state index contributed by atoms with van der Waals surface area (Å²) in [6.07, 6.45) is 6.91. The number of aromatic nitrogens is 1. The number of hydrogen-bond donors (Lipinski definition) is 1. The van der Waals surface area contributed by atoms with Gasteiger partial charge in [-0.2, -0.15) is 0 Å². The van der Waals surface area contributed by atoms with Crippen LogP contribution in [0.4, 0.5) is 11.4 Å². The van der Waals surface area contributed by atoms with E-state index in [0.29, 0.717) is 13.2 Å². The molecule has 9 nitrogen and oxygen atoms in total. The first kappa shape index (κ1) is 33.5. The zero-order valence-electron chi connectivity index (χ0n) is 28.3. The molecule has 3 heterocycles. The first-order valence-corrected chi connectivity index (χ1v) is 16.9. The molecule has 3 atom stereocenters. The summed E-state index contributed by atoms with van der Waals surface area (Å²) in [4.78, 5) is 24.6.